The van der Waals surface area contributed by atoms with Crippen LogP contribution in [0.5, 0.6) is 0 Å². The van der Waals surface area contributed by atoms with Crippen molar-refractivity contribution in [1.82, 2.24) is 0 Å². The molecule has 3 nitrogen and oxygen atoms in total. The summed E-state index contributed by atoms with van der Waals surface area (Å²) in [5.74, 6) is -0.460. The van der Waals surface area contributed by atoms with Gasteiger partial charge in [0.25, 0.3) is 0 Å². The fourth-order valence-corrected chi connectivity index (χ4v) is 1.91. The predicted octanol–water partition coefficient (Wildman–Crippen LogP) is 1.86. The molecule has 1 aromatic carbocycles. The van der Waals surface area contributed by atoms with Crippen LogP contribution in [0, 0.1) is 5.82 Å². The average molecular weight is 223 g/mol. The van der Waals surface area contributed by atoms with Gasteiger partial charge >= 0.3 is 0 Å². The van der Waals surface area contributed by atoms with Crippen LogP contribution < -0.4 is 4.90 Å². The molecule has 4 heteroatoms. The summed E-state index contributed by atoms with van der Waals surface area (Å²) in [7, 11) is 0. The Kier molecular flexibility index (Phi) is 3.51. The maximum atomic E-state index is 13.4. The molecule has 0 unspecified atom stereocenters. The second-order valence-corrected chi connectivity index (χ2v) is 3.74. The lowest BCUT2D eigenvalue weighted by Gasteiger charge is -2.23. The molecule has 0 aliphatic carbocycles. The number of carbonyl (C=O) groups is 1. The Labute approximate surface area is 93.8 Å². The van der Waals surface area contributed by atoms with E-state index in [1.807, 2.05) is 4.90 Å². The van der Waals surface area contributed by atoms with Crippen molar-refractivity contribution in [3.8, 4) is 0 Å². The molecule has 1 aliphatic heterocycles. The van der Waals surface area contributed by atoms with Gasteiger partial charge in [-0.2, -0.15) is 0 Å². The molecular weight excluding hydrogens is 209 g/mol. The Morgan fingerprint density at radius 1 is 1.31 bits per heavy atom. The number of ether oxygens (including phenoxy) is 1. The molecule has 1 aromatic rings. The van der Waals surface area contributed by atoms with Gasteiger partial charge in [0.1, 0.15) is 5.82 Å². The summed E-state index contributed by atoms with van der Waals surface area (Å²) in [5.41, 5.74) is 0.810. The third-order valence-corrected chi connectivity index (χ3v) is 2.71. The topological polar surface area (TPSA) is 29.5 Å². The van der Waals surface area contributed by atoms with Crippen LogP contribution in [-0.4, -0.2) is 32.6 Å². The van der Waals surface area contributed by atoms with Gasteiger partial charge in [-0.3, -0.25) is 4.79 Å². The number of hydrogen-bond donors (Lipinski definition) is 0. The zero-order valence-electron chi connectivity index (χ0n) is 8.99. The first-order valence-corrected chi connectivity index (χ1v) is 5.39. The van der Waals surface area contributed by atoms with Crippen molar-refractivity contribution < 1.29 is 13.9 Å². The molecule has 1 heterocycles. The van der Waals surface area contributed by atoms with E-state index in [9.17, 15) is 9.18 Å². The van der Waals surface area contributed by atoms with Gasteiger partial charge in [0.2, 0.25) is 0 Å². The summed E-state index contributed by atoms with van der Waals surface area (Å²) < 4.78 is 18.7. The van der Waals surface area contributed by atoms with Crippen LogP contribution in [0.4, 0.5) is 10.1 Å². The van der Waals surface area contributed by atoms with E-state index in [4.69, 9.17) is 4.74 Å². The van der Waals surface area contributed by atoms with E-state index < -0.39 is 5.82 Å². The highest BCUT2D eigenvalue weighted by molar-refractivity contribution is 5.85. The van der Waals surface area contributed by atoms with Crippen LogP contribution in [0.2, 0.25) is 0 Å². The summed E-state index contributed by atoms with van der Waals surface area (Å²) in [6, 6.07) is 4.71. The zero-order chi connectivity index (χ0) is 11.4. The molecule has 0 aromatic heterocycles. The van der Waals surface area contributed by atoms with E-state index in [1.54, 1.807) is 12.1 Å². The molecule has 0 bridgehead atoms. The van der Waals surface area contributed by atoms with E-state index in [2.05, 4.69) is 0 Å². The summed E-state index contributed by atoms with van der Waals surface area (Å²) in [6.45, 7) is 2.84. The van der Waals surface area contributed by atoms with E-state index in [0.29, 0.717) is 25.1 Å². The Bertz CT molecular complexity index is 373. The second kappa shape index (κ2) is 5.07. The van der Waals surface area contributed by atoms with Gasteiger partial charge in [-0.25, -0.2) is 4.39 Å². The lowest BCUT2D eigenvalue weighted by atomic mass is 10.1. The largest absolute Gasteiger partial charge is 0.380 e. The van der Waals surface area contributed by atoms with Gasteiger partial charge in [-0.15, -0.1) is 0 Å². The maximum absolute atomic E-state index is 13.4. The standard InChI is InChI=1S/C12H14FNO2/c13-11-3-1-4-12(10(11)9-15)14-5-2-7-16-8-6-14/h1,3-4,9H,2,5-8H2. The number of hydrogen-bond acceptors (Lipinski definition) is 3. The quantitative estimate of drug-likeness (QED) is 0.717. The molecular formula is C12H14FNO2. The SMILES string of the molecule is O=Cc1c(F)cccc1N1CCCOCC1. The summed E-state index contributed by atoms with van der Waals surface area (Å²) in [5, 5.41) is 0. The minimum Gasteiger partial charge on any atom is -0.380 e. The molecule has 86 valence electrons. The van der Waals surface area contributed by atoms with Crippen LogP contribution in [0.1, 0.15) is 16.8 Å². The third kappa shape index (κ3) is 2.22. The number of halogens is 1. The van der Waals surface area contributed by atoms with Crippen molar-refractivity contribution in [3.63, 3.8) is 0 Å². The molecule has 1 aliphatic rings. The normalized spacial score (nSPS) is 16.9. The van der Waals surface area contributed by atoms with Gasteiger partial charge in [-0.1, -0.05) is 6.07 Å². The van der Waals surface area contributed by atoms with Gasteiger partial charge < -0.3 is 9.64 Å². The smallest absolute Gasteiger partial charge is 0.155 e. The highest BCUT2D eigenvalue weighted by Crippen LogP contribution is 2.22. The molecule has 0 atom stereocenters. The second-order valence-electron chi connectivity index (χ2n) is 3.74. The third-order valence-electron chi connectivity index (χ3n) is 2.71. The van der Waals surface area contributed by atoms with Crippen LogP contribution in [0.25, 0.3) is 0 Å². The summed E-state index contributed by atoms with van der Waals surface area (Å²) in [4.78, 5) is 12.9. The Hall–Kier alpha value is -1.42. The van der Waals surface area contributed by atoms with Crippen molar-refractivity contribution in [3.05, 3.63) is 29.6 Å². The van der Waals surface area contributed by atoms with Gasteiger partial charge in [-0.05, 0) is 18.6 Å². The lowest BCUT2D eigenvalue weighted by Crippen LogP contribution is -2.27. The first-order chi connectivity index (χ1) is 7.83. The van der Waals surface area contributed by atoms with Crippen LogP contribution >= 0.6 is 0 Å². The van der Waals surface area contributed by atoms with Gasteiger partial charge in [0.05, 0.1) is 17.9 Å². The highest BCUT2D eigenvalue weighted by atomic mass is 19.1. The molecule has 1 saturated heterocycles. The van der Waals surface area contributed by atoms with E-state index in [1.165, 1.54) is 6.07 Å². The fourth-order valence-electron chi connectivity index (χ4n) is 1.91. The highest BCUT2D eigenvalue weighted by Gasteiger charge is 2.15. The van der Waals surface area contributed by atoms with Crippen LogP contribution in [0.15, 0.2) is 18.2 Å². The van der Waals surface area contributed by atoms with Crippen molar-refractivity contribution in [2.75, 3.05) is 31.2 Å². The van der Waals surface area contributed by atoms with Crippen LogP contribution in [-0.2, 0) is 4.74 Å². The first-order valence-electron chi connectivity index (χ1n) is 5.39. The van der Waals surface area contributed by atoms with E-state index in [-0.39, 0.29) is 5.56 Å². The monoisotopic (exact) mass is 223 g/mol. The molecule has 1 fully saturated rings. The predicted molar refractivity (Wildman–Crippen MR) is 59.4 cm³/mol. The Morgan fingerprint density at radius 2 is 2.19 bits per heavy atom. The number of rotatable bonds is 2. The van der Waals surface area contributed by atoms with Crippen molar-refractivity contribution in [2.45, 2.75) is 6.42 Å². The summed E-state index contributed by atoms with van der Waals surface area (Å²) >= 11 is 0. The molecule has 16 heavy (non-hydrogen) atoms. The Balaban J connectivity index is 2.30. The lowest BCUT2D eigenvalue weighted by molar-refractivity contribution is 0.112. The summed E-state index contributed by atoms with van der Waals surface area (Å²) in [6.07, 6.45) is 1.48. The minimum atomic E-state index is -0.460. The van der Waals surface area contributed by atoms with Crippen LogP contribution in [0.3, 0.4) is 0 Å². The minimum absolute atomic E-state index is 0.143. The van der Waals surface area contributed by atoms with Gasteiger partial charge in [0, 0.05) is 19.7 Å². The molecule has 0 radical (unpaired) electrons. The van der Waals surface area contributed by atoms with E-state index >= 15 is 0 Å². The molecule has 0 amide bonds. The molecule has 0 spiro atoms. The fraction of sp³-hybridized carbons (Fsp3) is 0.417. The van der Waals surface area contributed by atoms with Crippen molar-refractivity contribution >= 4 is 12.0 Å². The first kappa shape index (κ1) is 11.1. The average Bonchev–Trinajstić information content (AvgIpc) is 2.57. The molecule has 0 N–H and O–H groups in total. The number of anilines is 1. The molecule has 2 rings (SSSR count). The zero-order valence-corrected chi connectivity index (χ0v) is 8.99. The number of aldehydes is 1. The van der Waals surface area contributed by atoms with E-state index in [0.717, 1.165) is 19.6 Å². The number of nitrogens with zero attached hydrogens (tertiary/aromatic N) is 1. The van der Waals surface area contributed by atoms with Gasteiger partial charge in [0.15, 0.2) is 6.29 Å². The number of benzene rings is 1. The number of carbonyl (C=O) groups excluding carboxylic acids is 1. The van der Waals surface area contributed by atoms with Crippen molar-refractivity contribution in [2.24, 2.45) is 0 Å². The van der Waals surface area contributed by atoms with Crippen molar-refractivity contribution in [1.29, 1.82) is 0 Å². The molecule has 0 saturated carbocycles. The maximum Gasteiger partial charge on any atom is 0.155 e. The Morgan fingerprint density at radius 3 is 3.00 bits per heavy atom.